The number of rotatable bonds is 1. The fourth-order valence-electron chi connectivity index (χ4n) is 0.974. The Morgan fingerprint density at radius 3 is 2.82 bits per heavy atom. The monoisotopic (exact) mass is 235 g/mol. The third-order valence-corrected chi connectivity index (χ3v) is 3.45. The highest BCUT2D eigenvalue weighted by atomic mass is 79.9. The third-order valence-electron chi connectivity index (χ3n) is 1.65. The molecule has 0 atom stereocenters. The van der Waals surface area contributed by atoms with Gasteiger partial charge in [-0.2, -0.15) is 11.8 Å². The van der Waals surface area contributed by atoms with E-state index in [-0.39, 0.29) is 5.69 Å². The van der Waals surface area contributed by atoms with Gasteiger partial charge in [0.25, 0.3) is 0 Å². The molecule has 11 heavy (non-hydrogen) atoms. The van der Waals surface area contributed by atoms with Gasteiger partial charge in [0, 0.05) is 11.5 Å². The molecule has 0 aliphatic carbocycles. The van der Waals surface area contributed by atoms with E-state index in [0.717, 1.165) is 11.5 Å². The molecule has 6 heteroatoms. The predicted octanol–water partition coefficient (Wildman–Crippen LogP) is 0.622. The van der Waals surface area contributed by atoms with Gasteiger partial charge in [0.05, 0.1) is 6.04 Å². The van der Waals surface area contributed by atoms with Gasteiger partial charge in [-0.15, -0.1) is 5.10 Å². The minimum absolute atomic E-state index is 0.123. The maximum Gasteiger partial charge on any atom is 0.344 e. The SMILES string of the molecule is O=c1[nH]nc(Br)n1C1CSC1. The highest BCUT2D eigenvalue weighted by molar-refractivity contribution is 9.10. The highest BCUT2D eigenvalue weighted by Gasteiger charge is 2.23. The van der Waals surface area contributed by atoms with Gasteiger partial charge in [-0.25, -0.2) is 9.89 Å². The molecule has 60 valence electrons. The van der Waals surface area contributed by atoms with E-state index >= 15 is 0 Å². The molecule has 1 N–H and O–H groups in total. The highest BCUT2D eigenvalue weighted by Crippen LogP contribution is 2.29. The lowest BCUT2D eigenvalue weighted by Gasteiger charge is -2.25. The second-order valence-corrected chi connectivity index (χ2v) is 4.14. The number of nitrogens with zero attached hydrogens (tertiary/aromatic N) is 2. The van der Waals surface area contributed by atoms with Gasteiger partial charge in [-0.1, -0.05) is 0 Å². The lowest BCUT2D eigenvalue weighted by atomic mass is 10.4. The maximum absolute atomic E-state index is 11.1. The molecule has 0 bridgehead atoms. The summed E-state index contributed by atoms with van der Waals surface area (Å²) >= 11 is 5.04. The average Bonchev–Trinajstić information content (AvgIpc) is 2.15. The zero-order valence-electron chi connectivity index (χ0n) is 5.58. The van der Waals surface area contributed by atoms with E-state index < -0.39 is 0 Å². The summed E-state index contributed by atoms with van der Waals surface area (Å²) in [6, 6.07) is 0.334. The van der Waals surface area contributed by atoms with Crippen LogP contribution in [0.25, 0.3) is 0 Å². The van der Waals surface area contributed by atoms with Crippen LogP contribution in [0.3, 0.4) is 0 Å². The van der Waals surface area contributed by atoms with Crippen LogP contribution < -0.4 is 5.69 Å². The topological polar surface area (TPSA) is 50.7 Å². The molecule has 1 aliphatic heterocycles. The van der Waals surface area contributed by atoms with Crippen molar-refractivity contribution in [2.45, 2.75) is 6.04 Å². The van der Waals surface area contributed by atoms with E-state index in [2.05, 4.69) is 26.1 Å². The van der Waals surface area contributed by atoms with Crippen molar-refractivity contribution >= 4 is 27.7 Å². The molecule has 1 aromatic rings. The van der Waals surface area contributed by atoms with Crippen molar-refractivity contribution < 1.29 is 0 Å². The van der Waals surface area contributed by atoms with Crippen LogP contribution in [0.5, 0.6) is 0 Å². The van der Waals surface area contributed by atoms with Crippen molar-refractivity contribution in [1.29, 1.82) is 0 Å². The number of H-pyrrole nitrogens is 1. The van der Waals surface area contributed by atoms with Crippen LogP contribution in [0.4, 0.5) is 0 Å². The maximum atomic E-state index is 11.1. The van der Waals surface area contributed by atoms with E-state index in [0.29, 0.717) is 10.8 Å². The van der Waals surface area contributed by atoms with Gasteiger partial charge in [0.15, 0.2) is 0 Å². The van der Waals surface area contributed by atoms with E-state index in [1.807, 2.05) is 11.8 Å². The van der Waals surface area contributed by atoms with Gasteiger partial charge in [-0.05, 0) is 15.9 Å². The quantitative estimate of drug-likeness (QED) is 0.777. The molecule has 1 aromatic heterocycles. The smallest absolute Gasteiger partial charge is 0.265 e. The first-order valence-corrected chi connectivity index (χ1v) is 5.14. The standard InChI is InChI=1S/C5H6BrN3OS/c6-4-7-8-5(10)9(4)3-1-11-2-3/h3H,1-2H2,(H,8,10). The van der Waals surface area contributed by atoms with Crippen LogP contribution in [-0.2, 0) is 0 Å². The second kappa shape index (κ2) is 2.67. The number of hydrogen-bond acceptors (Lipinski definition) is 3. The average molecular weight is 236 g/mol. The lowest BCUT2D eigenvalue weighted by Crippen LogP contribution is -2.31. The molecule has 1 saturated heterocycles. The summed E-state index contributed by atoms with van der Waals surface area (Å²) < 4.78 is 2.25. The predicted molar refractivity (Wildman–Crippen MR) is 46.9 cm³/mol. The van der Waals surface area contributed by atoms with Gasteiger partial charge in [0.2, 0.25) is 4.73 Å². The summed E-state index contributed by atoms with van der Waals surface area (Å²) in [7, 11) is 0. The zero-order valence-corrected chi connectivity index (χ0v) is 7.98. The van der Waals surface area contributed by atoms with Crippen molar-refractivity contribution in [1.82, 2.24) is 14.8 Å². The van der Waals surface area contributed by atoms with Crippen LogP contribution in [0.15, 0.2) is 9.53 Å². The van der Waals surface area contributed by atoms with Crippen molar-refractivity contribution in [3.8, 4) is 0 Å². The molecular weight excluding hydrogens is 230 g/mol. The summed E-state index contributed by atoms with van der Waals surface area (Å²) in [5.74, 6) is 2.02. The minimum atomic E-state index is -0.123. The minimum Gasteiger partial charge on any atom is -0.265 e. The number of thioether (sulfide) groups is 1. The Morgan fingerprint density at radius 2 is 2.45 bits per heavy atom. The molecule has 1 fully saturated rings. The summed E-state index contributed by atoms with van der Waals surface area (Å²) in [4.78, 5) is 11.1. The van der Waals surface area contributed by atoms with Crippen molar-refractivity contribution in [3.63, 3.8) is 0 Å². The van der Waals surface area contributed by atoms with Crippen molar-refractivity contribution in [3.05, 3.63) is 15.2 Å². The van der Waals surface area contributed by atoms with E-state index in [4.69, 9.17) is 0 Å². The molecule has 0 unspecified atom stereocenters. The lowest BCUT2D eigenvalue weighted by molar-refractivity contribution is 0.561. The van der Waals surface area contributed by atoms with Crippen LogP contribution in [-0.4, -0.2) is 26.3 Å². The zero-order chi connectivity index (χ0) is 7.84. The number of aromatic amines is 1. The summed E-state index contributed by atoms with van der Waals surface area (Å²) in [5, 5.41) is 6.14. The number of nitrogens with one attached hydrogen (secondary N) is 1. The number of aromatic nitrogens is 3. The Balaban J connectivity index is 2.41. The van der Waals surface area contributed by atoms with Crippen LogP contribution in [0, 0.1) is 0 Å². The van der Waals surface area contributed by atoms with Crippen LogP contribution in [0.1, 0.15) is 6.04 Å². The fraction of sp³-hybridized carbons (Fsp3) is 0.600. The third kappa shape index (κ3) is 1.14. The molecule has 0 amide bonds. The fourth-order valence-corrected chi connectivity index (χ4v) is 2.26. The van der Waals surface area contributed by atoms with E-state index in [1.54, 1.807) is 4.57 Å². The van der Waals surface area contributed by atoms with E-state index in [9.17, 15) is 4.79 Å². The molecule has 4 nitrogen and oxygen atoms in total. The first-order chi connectivity index (χ1) is 5.29. The Hall–Kier alpha value is -0.230. The summed E-state index contributed by atoms with van der Waals surface area (Å²) in [6.07, 6.45) is 0. The number of halogens is 1. The van der Waals surface area contributed by atoms with Gasteiger partial charge in [-0.3, -0.25) is 4.57 Å². The van der Waals surface area contributed by atoms with Gasteiger partial charge < -0.3 is 0 Å². The summed E-state index contributed by atoms with van der Waals surface area (Å²) in [6.45, 7) is 0. The first kappa shape index (κ1) is 7.42. The summed E-state index contributed by atoms with van der Waals surface area (Å²) in [5.41, 5.74) is -0.123. The molecule has 0 aromatic carbocycles. The van der Waals surface area contributed by atoms with Gasteiger partial charge >= 0.3 is 5.69 Å². The first-order valence-electron chi connectivity index (χ1n) is 3.19. The molecular formula is C5H6BrN3OS. The van der Waals surface area contributed by atoms with Gasteiger partial charge in [0.1, 0.15) is 0 Å². The normalized spacial score (nSPS) is 18.3. The molecule has 0 spiro atoms. The Morgan fingerprint density at radius 1 is 1.73 bits per heavy atom. The molecule has 0 radical (unpaired) electrons. The number of hydrogen-bond donors (Lipinski definition) is 1. The van der Waals surface area contributed by atoms with Crippen LogP contribution >= 0.6 is 27.7 Å². The van der Waals surface area contributed by atoms with Crippen molar-refractivity contribution in [2.24, 2.45) is 0 Å². The Labute approximate surface area is 75.5 Å². The Bertz CT molecular complexity index is 316. The Kier molecular flexibility index (Phi) is 1.80. The second-order valence-electron chi connectivity index (χ2n) is 2.36. The largest absolute Gasteiger partial charge is 0.344 e. The molecule has 1 aliphatic rings. The molecule has 0 saturated carbocycles. The van der Waals surface area contributed by atoms with E-state index in [1.165, 1.54) is 0 Å². The van der Waals surface area contributed by atoms with Crippen molar-refractivity contribution in [2.75, 3.05) is 11.5 Å². The molecule has 2 heterocycles. The van der Waals surface area contributed by atoms with Crippen LogP contribution in [0.2, 0.25) is 0 Å². The molecule has 2 rings (SSSR count).